The Morgan fingerprint density at radius 1 is 1.21 bits per heavy atom. The Labute approximate surface area is 111 Å². The Morgan fingerprint density at radius 2 is 1.79 bits per heavy atom. The van der Waals surface area contributed by atoms with E-state index in [1.54, 1.807) is 12.1 Å². The predicted octanol–water partition coefficient (Wildman–Crippen LogP) is 1.98. The van der Waals surface area contributed by atoms with Gasteiger partial charge in [-0.05, 0) is 37.1 Å². The van der Waals surface area contributed by atoms with E-state index in [1.165, 1.54) is 12.1 Å². The first-order chi connectivity index (χ1) is 8.98. The van der Waals surface area contributed by atoms with Gasteiger partial charge in [0.2, 0.25) is 5.91 Å². The molecule has 1 amide bonds. The highest BCUT2D eigenvalue weighted by Gasteiger charge is 2.31. The number of rotatable bonds is 4. The number of amides is 1. The number of carbonyl (C=O) groups is 2. The van der Waals surface area contributed by atoms with Gasteiger partial charge in [-0.1, -0.05) is 12.8 Å². The zero-order valence-electron chi connectivity index (χ0n) is 10.7. The fourth-order valence-electron chi connectivity index (χ4n) is 2.48. The van der Waals surface area contributed by atoms with Gasteiger partial charge >= 0.3 is 5.97 Å². The third-order valence-electron chi connectivity index (χ3n) is 3.53. The van der Waals surface area contributed by atoms with Gasteiger partial charge in [-0.25, -0.2) is 4.79 Å². The highest BCUT2D eigenvalue weighted by atomic mass is 16.4. The highest BCUT2D eigenvalue weighted by Crippen LogP contribution is 2.30. The number of carboxylic acids is 1. The Morgan fingerprint density at radius 3 is 2.32 bits per heavy atom. The molecular weight excluding hydrogens is 244 g/mol. The molecule has 0 aliphatic heterocycles. The summed E-state index contributed by atoms with van der Waals surface area (Å²) in [6.45, 7) is 0. The summed E-state index contributed by atoms with van der Waals surface area (Å²) < 4.78 is 0. The molecule has 5 nitrogen and oxygen atoms in total. The lowest BCUT2D eigenvalue weighted by molar-refractivity contribution is -0.117. The summed E-state index contributed by atoms with van der Waals surface area (Å²) in [5.41, 5.74) is 6.56. The molecule has 0 atom stereocenters. The lowest BCUT2D eigenvalue weighted by Crippen LogP contribution is -2.40. The first kappa shape index (κ1) is 13.5. The van der Waals surface area contributed by atoms with Crippen LogP contribution >= 0.6 is 0 Å². The molecule has 0 spiro atoms. The van der Waals surface area contributed by atoms with Crippen molar-refractivity contribution < 1.29 is 14.7 Å². The van der Waals surface area contributed by atoms with Crippen LogP contribution in [0.1, 0.15) is 42.5 Å². The van der Waals surface area contributed by atoms with Gasteiger partial charge in [0.05, 0.1) is 5.56 Å². The predicted molar refractivity (Wildman–Crippen MR) is 72.0 cm³/mol. The van der Waals surface area contributed by atoms with Gasteiger partial charge in [-0.2, -0.15) is 0 Å². The number of aromatic carboxylic acids is 1. The van der Waals surface area contributed by atoms with Gasteiger partial charge < -0.3 is 16.2 Å². The summed E-state index contributed by atoms with van der Waals surface area (Å²) in [7, 11) is 0. The zero-order valence-corrected chi connectivity index (χ0v) is 10.7. The molecule has 0 bridgehead atoms. The topological polar surface area (TPSA) is 92.4 Å². The van der Waals surface area contributed by atoms with Crippen LogP contribution in [-0.4, -0.2) is 22.5 Å². The van der Waals surface area contributed by atoms with Gasteiger partial charge in [-0.3, -0.25) is 4.79 Å². The van der Waals surface area contributed by atoms with Crippen molar-refractivity contribution in [2.75, 3.05) is 5.32 Å². The number of nitrogens with one attached hydrogen (secondary N) is 1. The Kier molecular flexibility index (Phi) is 3.85. The van der Waals surface area contributed by atoms with Gasteiger partial charge in [0.15, 0.2) is 0 Å². The average Bonchev–Trinajstić information content (AvgIpc) is 2.76. The van der Waals surface area contributed by atoms with Crippen molar-refractivity contribution in [1.82, 2.24) is 0 Å². The molecule has 1 saturated carbocycles. The molecule has 0 saturated heterocycles. The van der Waals surface area contributed by atoms with E-state index < -0.39 is 5.97 Å². The molecule has 1 aliphatic carbocycles. The molecule has 4 N–H and O–H groups in total. The summed E-state index contributed by atoms with van der Waals surface area (Å²) in [5.74, 6) is -1.10. The lowest BCUT2D eigenvalue weighted by atomic mass is 9.94. The van der Waals surface area contributed by atoms with E-state index in [0.29, 0.717) is 12.1 Å². The van der Waals surface area contributed by atoms with Crippen LogP contribution in [0, 0.1) is 0 Å². The second-order valence-corrected chi connectivity index (χ2v) is 5.18. The summed E-state index contributed by atoms with van der Waals surface area (Å²) >= 11 is 0. The lowest BCUT2D eigenvalue weighted by Gasteiger charge is -2.22. The largest absolute Gasteiger partial charge is 0.478 e. The molecular formula is C14H18N2O3. The minimum absolute atomic E-state index is 0.118. The highest BCUT2D eigenvalue weighted by molar-refractivity contribution is 5.93. The Bertz CT molecular complexity index is 476. The number of nitrogens with two attached hydrogens (primary N) is 1. The van der Waals surface area contributed by atoms with Crippen LogP contribution in [0.5, 0.6) is 0 Å². The van der Waals surface area contributed by atoms with Crippen molar-refractivity contribution in [3.8, 4) is 0 Å². The van der Waals surface area contributed by atoms with E-state index in [4.69, 9.17) is 10.8 Å². The van der Waals surface area contributed by atoms with Crippen LogP contribution in [0.15, 0.2) is 24.3 Å². The summed E-state index contributed by atoms with van der Waals surface area (Å²) in [6.07, 6.45) is 4.25. The minimum atomic E-state index is -0.982. The number of hydrogen-bond acceptors (Lipinski definition) is 3. The van der Waals surface area contributed by atoms with Crippen LogP contribution < -0.4 is 11.1 Å². The number of carboxylic acid groups (broad SMARTS) is 1. The third-order valence-corrected chi connectivity index (χ3v) is 3.53. The molecule has 2 rings (SSSR count). The monoisotopic (exact) mass is 262 g/mol. The van der Waals surface area contributed by atoms with Crippen LogP contribution in [0.3, 0.4) is 0 Å². The van der Waals surface area contributed by atoms with Crippen molar-refractivity contribution in [3.05, 3.63) is 29.8 Å². The number of anilines is 1. The first-order valence-corrected chi connectivity index (χ1v) is 6.41. The third kappa shape index (κ3) is 3.54. The molecule has 5 heteroatoms. The summed E-state index contributed by atoms with van der Waals surface area (Å²) in [5, 5.41) is 11.5. The standard InChI is InChI=1S/C14H18N2O3/c15-14(7-1-2-8-14)9-12(17)16-11-5-3-10(4-6-11)13(18)19/h3-6H,1-2,7-9,15H2,(H,16,17)(H,18,19). The van der Waals surface area contributed by atoms with Crippen molar-refractivity contribution in [3.63, 3.8) is 0 Å². The molecule has 0 unspecified atom stereocenters. The zero-order chi connectivity index (χ0) is 13.9. The minimum Gasteiger partial charge on any atom is -0.478 e. The smallest absolute Gasteiger partial charge is 0.335 e. The van der Waals surface area contributed by atoms with Crippen molar-refractivity contribution in [1.29, 1.82) is 0 Å². The second-order valence-electron chi connectivity index (χ2n) is 5.18. The number of carbonyl (C=O) groups excluding carboxylic acids is 1. The number of benzene rings is 1. The maximum absolute atomic E-state index is 11.9. The van der Waals surface area contributed by atoms with E-state index >= 15 is 0 Å². The molecule has 102 valence electrons. The molecule has 19 heavy (non-hydrogen) atoms. The van der Waals surface area contributed by atoms with E-state index in [2.05, 4.69) is 5.32 Å². The van der Waals surface area contributed by atoms with E-state index in [9.17, 15) is 9.59 Å². The van der Waals surface area contributed by atoms with E-state index in [1.807, 2.05) is 0 Å². The van der Waals surface area contributed by atoms with Gasteiger partial charge in [0.25, 0.3) is 0 Å². The van der Waals surface area contributed by atoms with Crippen LogP contribution in [0.4, 0.5) is 5.69 Å². The molecule has 1 aromatic carbocycles. The normalized spacial score (nSPS) is 17.1. The first-order valence-electron chi connectivity index (χ1n) is 6.41. The van der Waals surface area contributed by atoms with Gasteiger partial charge in [0.1, 0.15) is 0 Å². The quantitative estimate of drug-likeness (QED) is 0.773. The maximum Gasteiger partial charge on any atom is 0.335 e. The SMILES string of the molecule is NC1(CC(=O)Nc2ccc(C(=O)O)cc2)CCCC1. The van der Waals surface area contributed by atoms with Crippen molar-refractivity contribution in [2.24, 2.45) is 5.73 Å². The number of hydrogen-bond donors (Lipinski definition) is 3. The van der Waals surface area contributed by atoms with Crippen LogP contribution in [0.2, 0.25) is 0 Å². The fraction of sp³-hybridized carbons (Fsp3) is 0.429. The maximum atomic E-state index is 11.9. The van der Waals surface area contributed by atoms with Crippen LogP contribution in [0.25, 0.3) is 0 Å². The summed E-state index contributed by atoms with van der Waals surface area (Å²) in [6, 6.07) is 6.09. The fourth-order valence-corrected chi connectivity index (χ4v) is 2.48. The summed E-state index contributed by atoms with van der Waals surface area (Å²) in [4.78, 5) is 22.6. The Hall–Kier alpha value is -1.88. The molecule has 0 aromatic heterocycles. The molecule has 0 radical (unpaired) electrons. The van der Waals surface area contributed by atoms with Crippen molar-refractivity contribution >= 4 is 17.6 Å². The molecule has 1 fully saturated rings. The van der Waals surface area contributed by atoms with E-state index in [0.717, 1.165) is 25.7 Å². The Balaban J connectivity index is 1.93. The second kappa shape index (κ2) is 5.40. The molecule has 1 aromatic rings. The van der Waals surface area contributed by atoms with Gasteiger partial charge in [0, 0.05) is 17.6 Å². The van der Waals surface area contributed by atoms with E-state index in [-0.39, 0.29) is 17.0 Å². The average molecular weight is 262 g/mol. The molecule has 1 aliphatic rings. The van der Waals surface area contributed by atoms with Crippen molar-refractivity contribution in [2.45, 2.75) is 37.6 Å². The van der Waals surface area contributed by atoms with Crippen LogP contribution in [-0.2, 0) is 4.79 Å². The van der Waals surface area contributed by atoms with Gasteiger partial charge in [-0.15, -0.1) is 0 Å². The molecule has 0 heterocycles.